The first-order valence-electron chi connectivity index (χ1n) is 8.57. The zero-order valence-corrected chi connectivity index (χ0v) is 13.4. The molecule has 0 aliphatic heterocycles. The van der Waals surface area contributed by atoms with Gasteiger partial charge in [-0.05, 0) is 67.6 Å². The molecule has 0 aromatic heterocycles. The molecule has 4 bridgehead atoms. The number of aliphatic carboxylic acids is 2. The van der Waals surface area contributed by atoms with Crippen LogP contribution in [0.3, 0.4) is 0 Å². The van der Waals surface area contributed by atoms with Gasteiger partial charge in [-0.3, -0.25) is 9.59 Å². The van der Waals surface area contributed by atoms with Crippen molar-refractivity contribution in [2.75, 3.05) is 0 Å². The smallest absolute Gasteiger partial charge is 0.309 e. The summed E-state index contributed by atoms with van der Waals surface area (Å²) < 4.78 is 13.4. The molecule has 5 rings (SSSR count). The maximum Gasteiger partial charge on any atom is 0.309 e. The number of carboxylic acid groups (broad SMARTS) is 2. The number of carbonyl (C=O) groups is 2. The van der Waals surface area contributed by atoms with E-state index in [0.717, 1.165) is 24.8 Å². The Hall–Kier alpha value is -1.91. The molecule has 24 heavy (non-hydrogen) atoms. The number of hydrogen-bond donors (Lipinski definition) is 2. The van der Waals surface area contributed by atoms with Crippen LogP contribution in [-0.4, -0.2) is 22.2 Å². The molecule has 128 valence electrons. The molecule has 0 amide bonds. The van der Waals surface area contributed by atoms with Crippen LogP contribution < -0.4 is 0 Å². The highest BCUT2D eigenvalue weighted by Gasteiger charge is 2.65. The number of rotatable bonds is 4. The quantitative estimate of drug-likeness (QED) is 0.885. The Morgan fingerprint density at radius 1 is 1.04 bits per heavy atom. The third kappa shape index (κ3) is 2.03. The van der Waals surface area contributed by atoms with Crippen LogP contribution in [0, 0.1) is 29.0 Å². The van der Waals surface area contributed by atoms with Crippen LogP contribution in [0.2, 0.25) is 0 Å². The SMILES string of the molecule is O=C(O)C[C@]1(c2ccc(F)cc2)C2CC3CC1C[C@@](C(=O)O)(C3)C2. The van der Waals surface area contributed by atoms with Crippen LogP contribution in [0.15, 0.2) is 24.3 Å². The lowest BCUT2D eigenvalue weighted by Gasteiger charge is -2.64. The molecule has 0 spiro atoms. The normalized spacial score (nSPS) is 39.8. The molecule has 4 aliphatic rings. The van der Waals surface area contributed by atoms with E-state index in [0.29, 0.717) is 18.8 Å². The van der Waals surface area contributed by atoms with E-state index in [4.69, 9.17) is 0 Å². The van der Waals surface area contributed by atoms with Gasteiger partial charge in [-0.15, -0.1) is 0 Å². The minimum atomic E-state index is -0.865. The Morgan fingerprint density at radius 3 is 2.12 bits per heavy atom. The van der Waals surface area contributed by atoms with E-state index in [1.165, 1.54) is 12.1 Å². The van der Waals surface area contributed by atoms with E-state index in [2.05, 4.69) is 0 Å². The van der Waals surface area contributed by atoms with Crippen molar-refractivity contribution in [3.63, 3.8) is 0 Å². The summed E-state index contributed by atoms with van der Waals surface area (Å²) in [5.74, 6) is -1.47. The van der Waals surface area contributed by atoms with Crippen molar-refractivity contribution in [1.82, 2.24) is 0 Å². The number of carboxylic acids is 2. The fourth-order valence-corrected chi connectivity index (χ4v) is 6.23. The Labute approximate surface area is 139 Å². The standard InChI is InChI=1S/C19H21FO4/c20-15-3-1-12(2-4-15)19(10-16(21)22)13-5-11-6-14(19)9-18(7-11,8-13)17(23)24/h1-4,11,13-14H,5-10H2,(H,21,22)(H,23,24)/t11?,13?,14?,18-,19+. The molecule has 0 radical (unpaired) electrons. The molecule has 0 heterocycles. The summed E-state index contributed by atoms with van der Waals surface area (Å²) in [4.78, 5) is 23.6. The van der Waals surface area contributed by atoms with Gasteiger partial charge in [-0.2, -0.15) is 0 Å². The highest BCUT2D eigenvalue weighted by atomic mass is 19.1. The van der Waals surface area contributed by atoms with Crippen LogP contribution in [0.5, 0.6) is 0 Å². The fourth-order valence-electron chi connectivity index (χ4n) is 6.23. The summed E-state index contributed by atoms with van der Waals surface area (Å²) >= 11 is 0. The minimum absolute atomic E-state index is 0.00359. The van der Waals surface area contributed by atoms with Gasteiger partial charge in [0.05, 0.1) is 11.8 Å². The van der Waals surface area contributed by atoms with Gasteiger partial charge in [0.25, 0.3) is 0 Å². The monoisotopic (exact) mass is 332 g/mol. The maximum atomic E-state index is 13.4. The lowest BCUT2D eigenvalue weighted by atomic mass is 9.39. The molecular formula is C19H21FO4. The fraction of sp³-hybridized carbons (Fsp3) is 0.579. The van der Waals surface area contributed by atoms with Crippen LogP contribution in [0.25, 0.3) is 0 Å². The number of benzene rings is 1. The third-order valence-electron chi connectivity index (χ3n) is 6.93. The molecule has 4 saturated carbocycles. The van der Waals surface area contributed by atoms with Gasteiger partial charge in [0.1, 0.15) is 5.82 Å². The van der Waals surface area contributed by atoms with Crippen LogP contribution >= 0.6 is 0 Å². The van der Waals surface area contributed by atoms with E-state index < -0.39 is 22.8 Å². The molecule has 4 nitrogen and oxygen atoms in total. The molecule has 5 heteroatoms. The molecule has 2 N–H and O–H groups in total. The second-order valence-electron chi connectivity index (χ2n) is 8.05. The van der Waals surface area contributed by atoms with E-state index in [1.54, 1.807) is 12.1 Å². The molecule has 1 aromatic rings. The van der Waals surface area contributed by atoms with Gasteiger partial charge < -0.3 is 10.2 Å². The summed E-state index contributed by atoms with van der Waals surface area (Å²) in [6, 6.07) is 6.18. The topological polar surface area (TPSA) is 74.6 Å². The minimum Gasteiger partial charge on any atom is -0.481 e. The van der Waals surface area contributed by atoms with E-state index in [9.17, 15) is 24.2 Å². The lowest BCUT2D eigenvalue weighted by molar-refractivity contribution is -0.177. The van der Waals surface area contributed by atoms with Gasteiger partial charge in [-0.25, -0.2) is 4.39 Å². The third-order valence-corrected chi connectivity index (χ3v) is 6.93. The summed E-state index contributed by atoms with van der Waals surface area (Å²) in [6.45, 7) is 0. The van der Waals surface area contributed by atoms with Crippen molar-refractivity contribution in [2.45, 2.75) is 43.9 Å². The second kappa shape index (κ2) is 5.04. The van der Waals surface area contributed by atoms with Gasteiger partial charge in [0.15, 0.2) is 0 Å². The molecule has 2 unspecified atom stereocenters. The molecule has 1 aromatic carbocycles. The zero-order valence-electron chi connectivity index (χ0n) is 13.4. The first-order valence-corrected chi connectivity index (χ1v) is 8.57. The number of halogens is 1. The van der Waals surface area contributed by atoms with Crippen molar-refractivity contribution in [2.24, 2.45) is 23.2 Å². The summed E-state index contributed by atoms with van der Waals surface area (Å²) in [7, 11) is 0. The van der Waals surface area contributed by atoms with Crippen LogP contribution in [0.4, 0.5) is 4.39 Å². The lowest BCUT2D eigenvalue weighted by Crippen LogP contribution is -2.61. The predicted molar refractivity (Wildman–Crippen MR) is 84.0 cm³/mol. The van der Waals surface area contributed by atoms with E-state index >= 15 is 0 Å². The Balaban J connectivity index is 1.82. The summed E-state index contributed by atoms with van der Waals surface area (Å²) in [5, 5.41) is 19.3. The Bertz CT molecular complexity index is 680. The maximum absolute atomic E-state index is 13.4. The van der Waals surface area contributed by atoms with Crippen LogP contribution in [0.1, 0.15) is 44.1 Å². The largest absolute Gasteiger partial charge is 0.481 e. The van der Waals surface area contributed by atoms with Crippen molar-refractivity contribution < 1.29 is 24.2 Å². The Morgan fingerprint density at radius 2 is 1.62 bits per heavy atom. The molecular weight excluding hydrogens is 311 g/mol. The van der Waals surface area contributed by atoms with E-state index in [1.807, 2.05) is 0 Å². The zero-order chi connectivity index (χ0) is 17.1. The van der Waals surface area contributed by atoms with Gasteiger partial charge in [-0.1, -0.05) is 12.1 Å². The van der Waals surface area contributed by atoms with Gasteiger partial charge in [0, 0.05) is 5.41 Å². The molecule has 4 fully saturated rings. The predicted octanol–water partition coefficient (Wildman–Crippen LogP) is 3.45. The average molecular weight is 332 g/mol. The summed E-state index contributed by atoms with van der Waals surface area (Å²) in [6.07, 6.45) is 3.57. The molecule has 4 aliphatic carbocycles. The summed E-state index contributed by atoms with van der Waals surface area (Å²) in [5.41, 5.74) is -0.380. The molecule has 0 saturated heterocycles. The van der Waals surface area contributed by atoms with Gasteiger partial charge in [0.2, 0.25) is 0 Å². The van der Waals surface area contributed by atoms with E-state index in [-0.39, 0.29) is 24.1 Å². The first kappa shape index (κ1) is 15.6. The highest BCUT2D eigenvalue weighted by Crippen LogP contribution is 2.68. The van der Waals surface area contributed by atoms with Crippen molar-refractivity contribution >= 4 is 11.9 Å². The van der Waals surface area contributed by atoms with Crippen molar-refractivity contribution in [3.8, 4) is 0 Å². The van der Waals surface area contributed by atoms with Gasteiger partial charge >= 0.3 is 11.9 Å². The highest BCUT2D eigenvalue weighted by molar-refractivity contribution is 5.76. The van der Waals surface area contributed by atoms with Crippen LogP contribution in [-0.2, 0) is 15.0 Å². The average Bonchev–Trinajstić information content (AvgIpc) is 2.51. The molecule has 2 atom stereocenters. The Kier molecular flexibility index (Phi) is 3.28. The first-order chi connectivity index (χ1) is 11.4. The second-order valence-corrected chi connectivity index (χ2v) is 8.05. The van der Waals surface area contributed by atoms with Crippen molar-refractivity contribution in [1.29, 1.82) is 0 Å². The van der Waals surface area contributed by atoms with Crippen molar-refractivity contribution in [3.05, 3.63) is 35.6 Å². The number of hydrogen-bond acceptors (Lipinski definition) is 2.